The first-order valence-corrected chi connectivity index (χ1v) is 8.29. The molecular formula is C17H28IN5O2. The van der Waals surface area contributed by atoms with E-state index in [2.05, 4.69) is 34.0 Å². The number of guanidine groups is 1. The van der Waals surface area contributed by atoms with Crippen LogP contribution in [0.25, 0.3) is 0 Å². The molecule has 0 aliphatic carbocycles. The minimum Gasteiger partial charge on any atom is -0.472 e. The summed E-state index contributed by atoms with van der Waals surface area (Å²) in [4.78, 5) is 24.2. The van der Waals surface area contributed by atoms with Crippen LogP contribution in [0.4, 0.5) is 0 Å². The number of nitrogens with one attached hydrogen (secondary N) is 1. The van der Waals surface area contributed by atoms with Crippen molar-refractivity contribution in [1.29, 1.82) is 0 Å². The molecule has 0 aromatic carbocycles. The Labute approximate surface area is 166 Å². The smallest absolute Gasteiger partial charge is 0.243 e. The molecule has 140 valence electrons. The lowest BCUT2D eigenvalue weighted by molar-refractivity contribution is -0.127. The predicted molar refractivity (Wildman–Crippen MR) is 110 cm³/mol. The SMILES string of the molecule is CC(C)NC(=NCC(=O)N(C)C)N1CCC(Oc2ccccn2)C1.I. The van der Waals surface area contributed by atoms with Gasteiger partial charge in [-0.1, -0.05) is 6.07 Å². The number of aliphatic imine (C=N–C) groups is 1. The summed E-state index contributed by atoms with van der Waals surface area (Å²) in [6.07, 6.45) is 2.70. The molecule has 0 spiro atoms. The quantitative estimate of drug-likeness (QED) is 0.410. The molecule has 7 nitrogen and oxygen atoms in total. The molecule has 1 N–H and O–H groups in total. The number of pyridine rings is 1. The summed E-state index contributed by atoms with van der Waals surface area (Å²) < 4.78 is 5.91. The maximum Gasteiger partial charge on any atom is 0.243 e. The van der Waals surface area contributed by atoms with Crippen LogP contribution in [0.5, 0.6) is 5.88 Å². The zero-order valence-corrected chi connectivity index (χ0v) is 17.6. The van der Waals surface area contributed by atoms with Crippen LogP contribution >= 0.6 is 24.0 Å². The van der Waals surface area contributed by atoms with Gasteiger partial charge in [0.05, 0.1) is 6.54 Å². The fraction of sp³-hybridized carbons (Fsp3) is 0.588. The first kappa shape index (κ1) is 21.5. The molecule has 1 unspecified atom stereocenters. The average Bonchev–Trinajstić information content (AvgIpc) is 3.00. The molecule has 2 rings (SSSR count). The lowest BCUT2D eigenvalue weighted by Crippen LogP contribution is -2.44. The highest BCUT2D eigenvalue weighted by atomic mass is 127. The van der Waals surface area contributed by atoms with Crippen LogP contribution in [-0.2, 0) is 4.79 Å². The first-order chi connectivity index (χ1) is 11.5. The van der Waals surface area contributed by atoms with Gasteiger partial charge < -0.3 is 19.9 Å². The van der Waals surface area contributed by atoms with Crippen molar-refractivity contribution in [3.63, 3.8) is 0 Å². The van der Waals surface area contributed by atoms with Gasteiger partial charge in [0.2, 0.25) is 11.8 Å². The van der Waals surface area contributed by atoms with Crippen molar-refractivity contribution in [2.45, 2.75) is 32.4 Å². The van der Waals surface area contributed by atoms with Gasteiger partial charge in [-0.25, -0.2) is 9.98 Å². The van der Waals surface area contributed by atoms with Crippen molar-refractivity contribution in [2.75, 3.05) is 33.7 Å². The molecule has 1 aromatic heterocycles. The number of hydrogen-bond acceptors (Lipinski definition) is 4. The van der Waals surface area contributed by atoms with Gasteiger partial charge in [-0.2, -0.15) is 0 Å². The summed E-state index contributed by atoms with van der Waals surface area (Å²) >= 11 is 0. The standard InChI is InChI=1S/C17H27N5O2.HI/c1-13(2)20-17(19-11-16(23)21(3)4)22-10-8-14(12-22)24-15-7-5-6-9-18-15;/h5-7,9,13-14H,8,10-12H2,1-4H3,(H,19,20);1H. The van der Waals surface area contributed by atoms with E-state index in [1.807, 2.05) is 18.2 Å². The molecule has 2 heterocycles. The van der Waals surface area contributed by atoms with E-state index in [0.717, 1.165) is 25.5 Å². The number of ether oxygens (including phenoxy) is 1. The molecule has 1 saturated heterocycles. The number of likely N-dealkylation sites (N-methyl/N-ethyl adjacent to an activating group) is 1. The molecule has 1 aromatic rings. The summed E-state index contributed by atoms with van der Waals surface area (Å²) in [5.74, 6) is 1.38. The van der Waals surface area contributed by atoms with Crippen molar-refractivity contribution in [3.05, 3.63) is 24.4 Å². The van der Waals surface area contributed by atoms with Gasteiger partial charge in [0.1, 0.15) is 12.6 Å². The second-order valence-corrected chi connectivity index (χ2v) is 6.37. The number of likely N-dealkylation sites (tertiary alicyclic amines) is 1. The maximum atomic E-state index is 11.8. The van der Waals surface area contributed by atoms with Crippen molar-refractivity contribution < 1.29 is 9.53 Å². The first-order valence-electron chi connectivity index (χ1n) is 8.29. The molecule has 8 heteroatoms. The van der Waals surface area contributed by atoms with Gasteiger partial charge in [-0.05, 0) is 19.9 Å². The minimum atomic E-state index is -0.0152. The second kappa shape index (κ2) is 10.4. The Kier molecular flexibility index (Phi) is 8.95. The number of nitrogens with zero attached hydrogens (tertiary/aromatic N) is 4. The van der Waals surface area contributed by atoms with Gasteiger partial charge in [0.25, 0.3) is 0 Å². The van der Waals surface area contributed by atoms with Crippen molar-refractivity contribution in [2.24, 2.45) is 4.99 Å². The maximum absolute atomic E-state index is 11.8. The molecule has 0 radical (unpaired) electrons. The van der Waals surface area contributed by atoms with Crippen LogP contribution in [-0.4, -0.2) is 72.5 Å². The number of carbonyl (C=O) groups is 1. The van der Waals surface area contributed by atoms with Crippen LogP contribution in [0.3, 0.4) is 0 Å². The van der Waals surface area contributed by atoms with E-state index in [4.69, 9.17) is 4.74 Å². The van der Waals surface area contributed by atoms with Crippen LogP contribution in [0.15, 0.2) is 29.4 Å². The van der Waals surface area contributed by atoms with Crippen LogP contribution in [0.1, 0.15) is 20.3 Å². The number of halogens is 1. The summed E-state index contributed by atoms with van der Waals surface area (Å²) in [6, 6.07) is 5.89. The Morgan fingerprint density at radius 3 is 2.84 bits per heavy atom. The fourth-order valence-corrected chi connectivity index (χ4v) is 2.38. The number of rotatable bonds is 5. The molecule has 1 atom stereocenters. The second-order valence-electron chi connectivity index (χ2n) is 6.37. The van der Waals surface area contributed by atoms with Gasteiger partial charge in [-0.15, -0.1) is 24.0 Å². The third-order valence-electron chi connectivity index (χ3n) is 3.65. The Morgan fingerprint density at radius 2 is 2.24 bits per heavy atom. The lowest BCUT2D eigenvalue weighted by Gasteiger charge is -2.24. The molecule has 1 aliphatic rings. The number of carbonyl (C=O) groups excluding carboxylic acids is 1. The predicted octanol–water partition coefficient (Wildman–Crippen LogP) is 1.59. The number of aromatic nitrogens is 1. The van der Waals surface area contributed by atoms with Gasteiger partial charge >= 0.3 is 0 Å². The summed E-state index contributed by atoms with van der Waals surface area (Å²) in [6.45, 7) is 5.82. The molecule has 0 saturated carbocycles. The zero-order chi connectivity index (χ0) is 17.5. The normalized spacial score (nSPS) is 17.2. The van der Waals surface area contributed by atoms with E-state index in [1.54, 1.807) is 25.2 Å². The molecule has 25 heavy (non-hydrogen) atoms. The average molecular weight is 461 g/mol. The van der Waals surface area contributed by atoms with E-state index in [0.29, 0.717) is 5.88 Å². The van der Waals surface area contributed by atoms with Crippen molar-refractivity contribution >= 4 is 35.8 Å². The Hall–Kier alpha value is -1.58. The lowest BCUT2D eigenvalue weighted by atomic mass is 10.3. The highest BCUT2D eigenvalue weighted by molar-refractivity contribution is 14.0. The molecule has 1 amide bonds. The summed E-state index contributed by atoms with van der Waals surface area (Å²) in [5.41, 5.74) is 0. The van der Waals surface area contributed by atoms with E-state index in [9.17, 15) is 4.79 Å². The summed E-state index contributed by atoms with van der Waals surface area (Å²) in [5, 5.41) is 3.33. The Bertz CT molecular complexity index is 565. The topological polar surface area (TPSA) is 70.1 Å². The fourth-order valence-electron chi connectivity index (χ4n) is 2.38. The molecule has 1 aliphatic heterocycles. The van der Waals surface area contributed by atoms with Crippen LogP contribution in [0, 0.1) is 0 Å². The van der Waals surface area contributed by atoms with Crippen LogP contribution in [0.2, 0.25) is 0 Å². The highest BCUT2D eigenvalue weighted by Crippen LogP contribution is 2.16. The Morgan fingerprint density at radius 1 is 1.48 bits per heavy atom. The molecular weight excluding hydrogens is 433 g/mol. The number of amides is 1. The van der Waals surface area contributed by atoms with Gasteiger partial charge in [0.15, 0.2) is 5.96 Å². The van der Waals surface area contributed by atoms with Crippen molar-refractivity contribution in [3.8, 4) is 5.88 Å². The zero-order valence-electron chi connectivity index (χ0n) is 15.3. The van der Waals surface area contributed by atoms with E-state index >= 15 is 0 Å². The highest BCUT2D eigenvalue weighted by Gasteiger charge is 2.27. The van der Waals surface area contributed by atoms with Gasteiger partial charge in [0, 0.05) is 45.4 Å². The van der Waals surface area contributed by atoms with Gasteiger partial charge in [-0.3, -0.25) is 4.79 Å². The third kappa shape index (κ3) is 7.05. The minimum absolute atomic E-state index is 0. The van der Waals surface area contributed by atoms with E-state index in [1.165, 1.54) is 0 Å². The van der Waals surface area contributed by atoms with E-state index in [-0.39, 0.29) is 48.6 Å². The number of hydrogen-bond donors (Lipinski definition) is 1. The monoisotopic (exact) mass is 461 g/mol. The summed E-state index contributed by atoms with van der Waals surface area (Å²) in [7, 11) is 3.47. The van der Waals surface area contributed by atoms with Crippen molar-refractivity contribution in [1.82, 2.24) is 20.1 Å². The largest absolute Gasteiger partial charge is 0.472 e. The van der Waals surface area contributed by atoms with Crippen LogP contribution < -0.4 is 10.1 Å². The Balaban J connectivity index is 0.00000312. The van der Waals surface area contributed by atoms with E-state index < -0.39 is 0 Å². The third-order valence-corrected chi connectivity index (χ3v) is 3.65. The molecule has 0 bridgehead atoms. The molecule has 1 fully saturated rings.